The summed E-state index contributed by atoms with van der Waals surface area (Å²) in [5, 5.41) is 5.36. The largest absolute Gasteiger partial charge is 0.475 e. The number of rotatable bonds is 4. The number of benzene rings is 1. The van der Waals surface area contributed by atoms with E-state index in [1.807, 2.05) is 28.8 Å². The molecule has 1 aromatic heterocycles. The van der Waals surface area contributed by atoms with E-state index in [-0.39, 0.29) is 5.97 Å². The topological polar surface area (TPSA) is 53.4 Å². The quantitative estimate of drug-likeness (QED) is 0.458. The molecule has 0 saturated heterocycles. The summed E-state index contributed by atoms with van der Waals surface area (Å²) >= 11 is 2.28. The van der Waals surface area contributed by atoms with Crippen molar-refractivity contribution >= 4 is 45.3 Å². The average molecular weight is 390 g/mol. The smallest absolute Gasteiger partial charge is 0.350 e. The normalized spacial score (nSPS) is 16.9. The fraction of sp³-hybridized carbons (Fsp3) is 0.333. The van der Waals surface area contributed by atoms with Crippen molar-refractivity contribution in [2.45, 2.75) is 18.4 Å². The molecule has 1 aliphatic rings. The van der Waals surface area contributed by atoms with Crippen molar-refractivity contribution < 1.29 is 14.3 Å². The van der Waals surface area contributed by atoms with Crippen molar-refractivity contribution in [2.24, 2.45) is 0 Å². The molecule has 100 valence electrons. The van der Waals surface area contributed by atoms with E-state index >= 15 is 0 Å². The molecule has 7 heteroatoms. The predicted molar refractivity (Wildman–Crippen MR) is 82.1 cm³/mol. The van der Waals surface area contributed by atoms with Crippen LogP contribution in [0.25, 0.3) is 10.9 Å². The lowest BCUT2D eigenvalue weighted by atomic mass is 10.2. The second-order valence-corrected chi connectivity index (χ2v) is 6.49. The zero-order chi connectivity index (χ0) is 13.5. The molecule has 3 rings (SSSR count). The monoisotopic (exact) mass is 390 g/mol. The second-order valence-electron chi connectivity index (χ2n) is 4.45. The molecule has 2 aromatic rings. The Morgan fingerprint density at radius 1 is 1.53 bits per heavy atom. The third-order valence-corrected chi connectivity index (χ3v) is 5.08. The number of carbonyl (C=O) groups is 1. The number of methoxy groups -OCH3 is 1. The molecule has 1 unspecified atom stereocenters. The molecule has 1 fully saturated rings. The SMILES string of the molecule is COC(=O)C1(Oc2ccc3cnn(PI)c3c2)CC1. The number of hydrogen-bond acceptors (Lipinski definition) is 4. The van der Waals surface area contributed by atoms with Crippen molar-refractivity contribution in [3.05, 3.63) is 24.4 Å². The first-order valence-electron chi connectivity index (χ1n) is 5.80. The van der Waals surface area contributed by atoms with Gasteiger partial charge in [0.2, 0.25) is 5.60 Å². The van der Waals surface area contributed by atoms with Crippen LogP contribution in [0.1, 0.15) is 12.8 Å². The number of fused-ring (bicyclic) bond motifs is 1. The van der Waals surface area contributed by atoms with Gasteiger partial charge in [0.25, 0.3) is 0 Å². The van der Waals surface area contributed by atoms with Gasteiger partial charge >= 0.3 is 5.97 Å². The minimum absolute atomic E-state index is 0.295. The molecular weight excluding hydrogens is 378 g/mol. The first-order valence-corrected chi connectivity index (χ1v) is 9.86. The Kier molecular flexibility index (Phi) is 3.39. The summed E-state index contributed by atoms with van der Waals surface area (Å²) in [5.74, 6) is 0.392. The Hall–Kier alpha value is -0.880. The van der Waals surface area contributed by atoms with E-state index < -0.39 is 5.60 Å². The Morgan fingerprint density at radius 2 is 2.32 bits per heavy atom. The number of aromatic nitrogens is 2. The molecule has 0 spiro atoms. The number of halogens is 1. The summed E-state index contributed by atoms with van der Waals surface area (Å²) in [6.07, 6.45) is 3.79. The summed E-state index contributed by atoms with van der Waals surface area (Å²) in [6, 6.07) is 5.75. The van der Waals surface area contributed by atoms with Gasteiger partial charge in [0, 0.05) is 24.3 Å². The lowest BCUT2D eigenvalue weighted by Gasteiger charge is -2.15. The van der Waals surface area contributed by atoms with Crippen LogP contribution in [-0.4, -0.2) is 28.2 Å². The van der Waals surface area contributed by atoms with E-state index in [0.717, 1.165) is 10.9 Å². The van der Waals surface area contributed by atoms with Crippen molar-refractivity contribution in [3.63, 3.8) is 0 Å². The molecule has 1 heterocycles. The van der Waals surface area contributed by atoms with Gasteiger partial charge < -0.3 is 9.47 Å². The number of nitrogens with zero attached hydrogens (tertiary/aromatic N) is 2. The molecule has 0 aliphatic heterocycles. The molecule has 1 atom stereocenters. The summed E-state index contributed by atoms with van der Waals surface area (Å²) in [7, 11) is 1.39. The van der Waals surface area contributed by atoms with Crippen molar-refractivity contribution in [3.8, 4) is 5.75 Å². The summed E-state index contributed by atoms with van der Waals surface area (Å²) in [5.41, 5.74) is 0.255. The van der Waals surface area contributed by atoms with Crippen LogP contribution in [0, 0.1) is 0 Å². The van der Waals surface area contributed by atoms with E-state index in [0.29, 0.717) is 25.0 Å². The molecule has 0 N–H and O–H groups in total. The Bertz CT molecular complexity index is 639. The van der Waals surface area contributed by atoms with Crippen LogP contribution in [0.3, 0.4) is 0 Å². The van der Waals surface area contributed by atoms with Crippen LogP contribution in [0.15, 0.2) is 24.4 Å². The molecular formula is C12H12IN2O3P. The summed E-state index contributed by atoms with van der Waals surface area (Å²) < 4.78 is 12.5. The van der Waals surface area contributed by atoms with Gasteiger partial charge in [-0.25, -0.2) is 9.25 Å². The van der Waals surface area contributed by atoms with Crippen molar-refractivity contribution in [1.29, 1.82) is 0 Å². The Labute approximate surface area is 125 Å². The van der Waals surface area contributed by atoms with E-state index in [4.69, 9.17) is 9.47 Å². The van der Waals surface area contributed by atoms with E-state index in [1.165, 1.54) is 7.11 Å². The highest BCUT2D eigenvalue weighted by atomic mass is 127. The van der Waals surface area contributed by atoms with Crippen molar-refractivity contribution in [1.82, 2.24) is 9.55 Å². The highest BCUT2D eigenvalue weighted by Gasteiger charge is 2.54. The van der Waals surface area contributed by atoms with Gasteiger partial charge in [0.15, 0.2) is 0 Å². The van der Waals surface area contributed by atoms with Gasteiger partial charge in [-0.05, 0) is 34.2 Å². The van der Waals surface area contributed by atoms with Gasteiger partial charge in [-0.15, -0.1) is 0 Å². The number of carbonyl (C=O) groups excluding carboxylic acids is 1. The first kappa shape index (κ1) is 13.1. The maximum absolute atomic E-state index is 11.7. The Balaban J connectivity index is 1.91. The van der Waals surface area contributed by atoms with Gasteiger partial charge in [-0.1, -0.05) is 0 Å². The third-order valence-electron chi connectivity index (χ3n) is 3.20. The lowest BCUT2D eigenvalue weighted by molar-refractivity contribution is -0.151. The molecule has 5 nitrogen and oxygen atoms in total. The predicted octanol–water partition coefficient (Wildman–Crippen LogP) is 2.91. The highest BCUT2D eigenvalue weighted by Crippen LogP contribution is 2.42. The van der Waals surface area contributed by atoms with Crippen LogP contribution in [0.2, 0.25) is 0 Å². The standard InChI is InChI=1S/C12H12IN2O3P/c1-17-11(16)12(4-5-12)18-9-3-2-8-7-14-15(19-13)10(8)6-9/h2-3,6-7,19H,4-5H2,1H3. The van der Waals surface area contributed by atoms with E-state index in [2.05, 4.69) is 27.1 Å². The lowest BCUT2D eigenvalue weighted by Crippen LogP contribution is -2.30. The number of ether oxygens (including phenoxy) is 2. The van der Waals surface area contributed by atoms with Crippen LogP contribution in [-0.2, 0) is 9.53 Å². The fourth-order valence-electron chi connectivity index (χ4n) is 2.00. The maximum Gasteiger partial charge on any atom is 0.350 e. The maximum atomic E-state index is 11.7. The first-order chi connectivity index (χ1) is 9.18. The number of esters is 1. The zero-order valence-electron chi connectivity index (χ0n) is 10.2. The molecule has 0 amide bonds. The second kappa shape index (κ2) is 4.90. The van der Waals surface area contributed by atoms with Gasteiger partial charge in [-0.3, -0.25) is 0 Å². The van der Waals surface area contributed by atoms with Crippen LogP contribution in [0.4, 0.5) is 0 Å². The minimum atomic E-state index is -0.764. The summed E-state index contributed by atoms with van der Waals surface area (Å²) in [4.78, 5) is 11.7. The molecule has 0 radical (unpaired) electrons. The molecule has 1 saturated carbocycles. The Morgan fingerprint density at radius 3 is 2.95 bits per heavy atom. The zero-order valence-corrected chi connectivity index (χ0v) is 13.4. The molecule has 19 heavy (non-hydrogen) atoms. The van der Waals surface area contributed by atoms with Crippen LogP contribution in [0.5, 0.6) is 5.75 Å². The van der Waals surface area contributed by atoms with E-state index in [9.17, 15) is 4.79 Å². The average Bonchev–Trinajstić information content (AvgIpc) is 3.10. The minimum Gasteiger partial charge on any atom is -0.475 e. The van der Waals surface area contributed by atoms with Gasteiger partial charge in [-0.2, -0.15) is 5.10 Å². The van der Waals surface area contributed by atoms with Gasteiger partial charge in [0.05, 0.1) is 25.2 Å². The number of hydrogen-bond donors (Lipinski definition) is 0. The highest BCUT2D eigenvalue weighted by molar-refractivity contribution is 14.2. The van der Waals surface area contributed by atoms with Crippen molar-refractivity contribution in [2.75, 3.05) is 7.11 Å². The van der Waals surface area contributed by atoms with Crippen LogP contribution < -0.4 is 4.74 Å². The molecule has 0 bridgehead atoms. The fourth-order valence-corrected chi connectivity index (χ4v) is 3.54. The molecule has 1 aromatic carbocycles. The van der Waals surface area contributed by atoms with Crippen LogP contribution >= 0.6 is 28.4 Å². The summed E-state index contributed by atoms with van der Waals surface area (Å²) in [6.45, 7) is 0. The van der Waals surface area contributed by atoms with E-state index in [1.54, 1.807) is 0 Å². The molecule has 1 aliphatic carbocycles. The van der Waals surface area contributed by atoms with Gasteiger partial charge in [0.1, 0.15) is 5.75 Å². The third kappa shape index (κ3) is 2.31.